The summed E-state index contributed by atoms with van der Waals surface area (Å²) in [6.07, 6.45) is 9.89. The molecule has 0 spiro atoms. The van der Waals surface area contributed by atoms with Gasteiger partial charge < -0.3 is 5.32 Å². The Balaban J connectivity index is 1.23. The highest BCUT2D eigenvalue weighted by Crippen LogP contribution is 2.60. The third-order valence-electron chi connectivity index (χ3n) is 7.19. The molecule has 1 aliphatic heterocycles. The maximum absolute atomic E-state index is 12.4. The first-order valence-electron chi connectivity index (χ1n) is 10.7. The number of benzene rings is 1. The molecule has 1 aromatic heterocycles. The van der Waals surface area contributed by atoms with Crippen LogP contribution in [0.4, 0.5) is 5.13 Å². The first-order valence-corrected chi connectivity index (χ1v) is 13.1. The fourth-order valence-electron chi connectivity index (χ4n) is 6.32. The minimum atomic E-state index is -0.183. The van der Waals surface area contributed by atoms with Gasteiger partial charge in [0.15, 0.2) is 5.17 Å². The number of rotatable bonds is 3. The highest BCUT2D eigenvalue weighted by Gasteiger charge is 2.52. The van der Waals surface area contributed by atoms with Crippen LogP contribution in [0.2, 0.25) is 10.0 Å². The zero-order chi connectivity index (χ0) is 21.2. The Bertz CT molecular complexity index is 1100. The number of aliphatic imine (C=N–C) groups is 1. The van der Waals surface area contributed by atoms with Crippen LogP contribution < -0.4 is 5.32 Å². The molecular weight excluding hydrogens is 469 g/mol. The summed E-state index contributed by atoms with van der Waals surface area (Å²) in [4.78, 5) is 22.6. The number of carbonyl (C=O) groups excluding carboxylic acids is 1. The van der Waals surface area contributed by atoms with Crippen LogP contribution in [0.25, 0.3) is 6.08 Å². The monoisotopic (exact) mass is 489 g/mol. The fraction of sp³-hybridized carbons (Fsp3) is 0.435. The number of thioether (sulfide) groups is 1. The van der Waals surface area contributed by atoms with E-state index in [-0.39, 0.29) is 11.3 Å². The van der Waals surface area contributed by atoms with Crippen molar-refractivity contribution in [3.8, 4) is 0 Å². The van der Waals surface area contributed by atoms with Gasteiger partial charge >= 0.3 is 0 Å². The molecule has 4 aliphatic carbocycles. The van der Waals surface area contributed by atoms with Gasteiger partial charge in [-0.3, -0.25) is 4.79 Å². The van der Waals surface area contributed by atoms with Gasteiger partial charge in [-0.05, 0) is 85.7 Å². The summed E-state index contributed by atoms with van der Waals surface area (Å²) in [5, 5.41) is 7.23. The SMILES string of the molecule is O=C1N/C(=N\c2nc(C34CC5CC(CC(C5)C3)C4)cs2)S/C1=C/c1cccc(Cl)c1Cl. The van der Waals surface area contributed by atoms with Crippen molar-refractivity contribution in [1.29, 1.82) is 0 Å². The number of nitrogens with zero attached hydrogens (tertiary/aromatic N) is 2. The first-order chi connectivity index (χ1) is 15.0. The van der Waals surface area contributed by atoms with Crippen molar-refractivity contribution in [3.05, 3.63) is 49.8 Å². The summed E-state index contributed by atoms with van der Waals surface area (Å²) in [5.41, 5.74) is 2.21. The van der Waals surface area contributed by atoms with E-state index in [2.05, 4.69) is 15.7 Å². The van der Waals surface area contributed by atoms with Crippen molar-refractivity contribution in [2.45, 2.75) is 43.9 Å². The van der Waals surface area contributed by atoms with Gasteiger partial charge in [0.05, 0.1) is 20.6 Å². The second kappa shape index (κ2) is 7.62. The molecule has 1 aromatic carbocycles. The number of nitrogens with one attached hydrogen (secondary N) is 1. The van der Waals surface area contributed by atoms with E-state index >= 15 is 0 Å². The number of amidine groups is 1. The van der Waals surface area contributed by atoms with E-state index in [9.17, 15) is 4.79 Å². The van der Waals surface area contributed by atoms with E-state index < -0.39 is 0 Å². The molecule has 1 amide bonds. The largest absolute Gasteiger partial charge is 0.300 e. The first kappa shape index (κ1) is 20.3. The Morgan fingerprint density at radius 2 is 1.84 bits per heavy atom. The molecule has 0 radical (unpaired) electrons. The lowest BCUT2D eigenvalue weighted by molar-refractivity contribution is -0.115. The average Bonchev–Trinajstić information content (AvgIpc) is 3.32. The van der Waals surface area contributed by atoms with Gasteiger partial charge in [-0.25, -0.2) is 4.98 Å². The van der Waals surface area contributed by atoms with Crippen molar-refractivity contribution >= 4 is 68.6 Å². The second-order valence-corrected chi connectivity index (χ2v) is 12.0. The number of carbonyl (C=O) groups is 1. The van der Waals surface area contributed by atoms with E-state index in [1.165, 1.54) is 56.0 Å². The summed E-state index contributed by atoms with van der Waals surface area (Å²) in [5.74, 6) is 2.48. The van der Waals surface area contributed by atoms with Gasteiger partial charge in [0, 0.05) is 10.8 Å². The highest BCUT2D eigenvalue weighted by atomic mass is 35.5. The molecule has 7 rings (SSSR count). The Morgan fingerprint density at radius 3 is 2.55 bits per heavy atom. The predicted octanol–water partition coefficient (Wildman–Crippen LogP) is 6.81. The molecule has 160 valence electrons. The molecule has 1 N–H and O–H groups in total. The molecule has 2 heterocycles. The maximum Gasteiger partial charge on any atom is 0.264 e. The van der Waals surface area contributed by atoms with Crippen molar-refractivity contribution in [3.63, 3.8) is 0 Å². The minimum Gasteiger partial charge on any atom is -0.300 e. The van der Waals surface area contributed by atoms with Crippen LogP contribution in [0.15, 0.2) is 33.5 Å². The molecule has 4 bridgehead atoms. The minimum absolute atomic E-state index is 0.183. The van der Waals surface area contributed by atoms with E-state index in [1.807, 2.05) is 12.1 Å². The molecule has 2 aromatic rings. The number of hydrogen-bond donors (Lipinski definition) is 1. The third-order valence-corrected chi connectivity index (χ3v) is 9.67. The zero-order valence-corrected chi connectivity index (χ0v) is 19.9. The Labute approximate surface area is 199 Å². The lowest BCUT2D eigenvalue weighted by Gasteiger charge is -2.56. The van der Waals surface area contributed by atoms with Gasteiger partial charge in [0.2, 0.25) is 5.13 Å². The Hall–Kier alpha value is -1.34. The molecule has 0 atom stereocenters. The normalized spacial score (nSPS) is 34.1. The van der Waals surface area contributed by atoms with Crippen LogP contribution in [0.3, 0.4) is 0 Å². The van der Waals surface area contributed by atoms with Crippen LogP contribution in [-0.4, -0.2) is 16.1 Å². The molecular formula is C23H21Cl2N3OS2. The number of amides is 1. The molecule has 8 heteroatoms. The lowest BCUT2D eigenvalue weighted by Crippen LogP contribution is -2.48. The number of thiazole rings is 1. The van der Waals surface area contributed by atoms with E-state index in [1.54, 1.807) is 23.5 Å². The lowest BCUT2D eigenvalue weighted by atomic mass is 9.49. The third kappa shape index (κ3) is 3.65. The summed E-state index contributed by atoms with van der Waals surface area (Å²) < 4.78 is 0. The predicted molar refractivity (Wildman–Crippen MR) is 129 cm³/mol. The highest BCUT2D eigenvalue weighted by molar-refractivity contribution is 8.18. The van der Waals surface area contributed by atoms with Crippen molar-refractivity contribution in [2.75, 3.05) is 0 Å². The standard InChI is InChI=1S/C23H21Cl2N3OS2/c24-16-3-1-2-15(19(16)25)7-17-20(29)27-22(31-17)28-21-26-18(11-30-21)23-8-12-4-13(9-23)6-14(5-12)10-23/h1-3,7,11-14H,4-6,8-10H2,(H,26,27,28,29)/b17-7+. The van der Waals surface area contributed by atoms with Gasteiger partial charge in [0.1, 0.15) is 0 Å². The fourth-order valence-corrected chi connectivity index (χ4v) is 8.37. The van der Waals surface area contributed by atoms with Crippen molar-refractivity contribution in [1.82, 2.24) is 10.3 Å². The van der Waals surface area contributed by atoms with Crippen LogP contribution >= 0.6 is 46.3 Å². The quantitative estimate of drug-likeness (QED) is 0.481. The van der Waals surface area contributed by atoms with Crippen molar-refractivity contribution < 1.29 is 4.79 Å². The summed E-state index contributed by atoms with van der Waals surface area (Å²) in [7, 11) is 0. The molecule has 4 saturated carbocycles. The number of hydrogen-bond acceptors (Lipinski definition) is 5. The molecule has 4 nitrogen and oxygen atoms in total. The van der Waals surface area contributed by atoms with Gasteiger partial charge in [-0.2, -0.15) is 4.99 Å². The zero-order valence-electron chi connectivity index (χ0n) is 16.7. The van der Waals surface area contributed by atoms with Crippen LogP contribution in [-0.2, 0) is 10.2 Å². The average molecular weight is 490 g/mol. The second-order valence-electron chi connectivity index (χ2n) is 9.34. The van der Waals surface area contributed by atoms with Crippen LogP contribution in [0.5, 0.6) is 0 Å². The Morgan fingerprint density at radius 1 is 1.13 bits per heavy atom. The van der Waals surface area contributed by atoms with Crippen LogP contribution in [0, 0.1) is 17.8 Å². The smallest absolute Gasteiger partial charge is 0.264 e. The van der Waals surface area contributed by atoms with Gasteiger partial charge in [-0.1, -0.05) is 35.3 Å². The summed E-state index contributed by atoms with van der Waals surface area (Å²) in [6, 6.07) is 5.38. The summed E-state index contributed by atoms with van der Waals surface area (Å²) in [6.45, 7) is 0. The number of aromatic nitrogens is 1. The van der Waals surface area contributed by atoms with Crippen LogP contribution in [0.1, 0.15) is 49.8 Å². The summed E-state index contributed by atoms with van der Waals surface area (Å²) >= 11 is 15.2. The molecule has 5 aliphatic rings. The van der Waals surface area contributed by atoms with E-state index in [0.717, 1.165) is 22.9 Å². The molecule has 5 fully saturated rings. The molecule has 0 unspecified atom stereocenters. The van der Waals surface area contributed by atoms with E-state index in [0.29, 0.717) is 25.7 Å². The molecule has 31 heavy (non-hydrogen) atoms. The van der Waals surface area contributed by atoms with Gasteiger partial charge in [0.25, 0.3) is 5.91 Å². The topological polar surface area (TPSA) is 54.4 Å². The Kier molecular flexibility index (Phi) is 4.98. The maximum atomic E-state index is 12.4. The molecule has 1 saturated heterocycles. The number of halogens is 2. The van der Waals surface area contributed by atoms with Crippen molar-refractivity contribution in [2.24, 2.45) is 22.7 Å². The van der Waals surface area contributed by atoms with Gasteiger partial charge in [-0.15, -0.1) is 11.3 Å². The van der Waals surface area contributed by atoms with E-state index in [4.69, 9.17) is 28.2 Å².